The molecule has 8 heteroatoms. The molecule has 2 rings (SSSR count). The predicted octanol–water partition coefficient (Wildman–Crippen LogP) is 2.80. The van der Waals surface area contributed by atoms with Crippen molar-refractivity contribution in [3.05, 3.63) is 52.0 Å². The van der Waals surface area contributed by atoms with Crippen molar-refractivity contribution < 1.29 is 23.1 Å². The first-order valence-electron chi connectivity index (χ1n) is 6.28. The highest BCUT2D eigenvalue weighted by Crippen LogP contribution is 2.31. The van der Waals surface area contributed by atoms with E-state index in [1.165, 1.54) is 18.3 Å². The lowest BCUT2D eigenvalue weighted by molar-refractivity contribution is -0.138. The molecule has 2 heterocycles. The summed E-state index contributed by atoms with van der Waals surface area (Å²) >= 11 is 1.29. The van der Waals surface area contributed by atoms with E-state index < -0.39 is 28.9 Å². The number of aromatic nitrogens is 1. The van der Waals surface area contributed by atoms with Crippen molar-refractivity contribution in [2.75, 3.05) is 6.54 Å². The number of rotatable bonds is 4. The smallest absolute Gasteiger partial charge is 0.383 e. The molecule has 0 aliphatic rings. The Hall–Kier alpha value is -1.93. The average molecular weight is 330 g/mol. The summed E-state index contributed by atoms with van der Waals surface area (Å²) in [5.41, 5.74) is -3.18. The van der Waals surface area contributed by atoms with E-state index in [0.29, 0.717) is 4.88 Å². The third kappa shape index (κ3) is 3.63. The van der Waals surface area contributed by atoms with Gasteiger partial charge in [0.1, 0.15) is 11.3 Å². The standard InChI is InChI=1S/C14H13F3N2O2S/c1-13(21,10-5-3-7-22-10)8-19-12(20)11-9(14(15,16)17)4-2-6-18-11/h2-7,21H,8H2,1H3,(H,19,20). The molecule has 0 aliphatic heterocycles. The quantitative estimate of drug-likeness (QED) is 0.906. The fourth-order valence-electron chi connectivity index (χ4n) is 1.82. The number of thiophene rings is 1. The lowest BCUT2D eigenvalue weighted by Gasteiger charge is -2.22. The normalized spacial score (nSPS) is 14.4. The Morgan fingerprint density at radius 2 is 2.09 bits per heavy atom. The summed E-state index contributed by atoms with van der Waals surface area (Å²) in [5.74, 6) is -0.982. The van der Waals surface area contributed by atoms with Gasteiger partial charge in [0.15, 0.2) is 0 Å². The van der Waals surface area contributed by atoms with E-state index >= 15 is 0 Å². The van der Waals surface area contributed by atoms with Gasteiger partial charge in [0, 0.05) is 11.1 Å². The molecular weight excluding hydrogens is 317 g/mol. The van der Waals surface area contributed by atoms with E-state index in [9.17, 15) is 23.1 Å². The van der Waals surface area contributed by atoms with Gasteiger partial charge in [0.25, 0.3) is 5.91 Å². The lowest BCUT2D eigenvalue weighted by atomic mass is 10.0. The van der Waals surface area contributed by atoms with Crippen LogP contribution >= 0.6 is 11.3 Å². The van der Waals surface area contributed by atoms with Crippen molar-refractivity contribution in [1.29, 1.82) is 0 Å². The van der Waals surface area contributed by atoms with Crippen LogP contribution in [0.5, 0.6) is 0 Å². The third-order valence-corrected chi connectivity index (χ3v) is 4.10. The first-order valence-corrected chi connectivity index (χ1v) is 7.16. The van der Waals surface area contributed by atoms with Gasteiger partial charge < -0.3 is 10.4 Å². The third-order valence-electron chi connectivity index (χ3n) is 2.97. The number of nitrogens with zero attached hydrogens (tertiary/aromatic N) is 1. The summed E-state index contributed by atoms with van der Waals surface area (Å²) in [5, 5.41) is 14.3. The number of nitrogens with one attached hydrogen (secondary N) is 1. The molecule has 0 aromatic carbocycles. The van der Waals surface area contributed by atoms with E-state index in [2.05, 4.69) is 10.3 Å². The fourth-order valence-corrected chi connectivity index (χ4v) is 2.61. The van der Waals surface area contributed by atoms with Crippen LogP contribution in [0.2, 0.25) is 0 Å². The van der Waals surface area contributed by atoms with Crippen LogP contribution in [-0.2, 0) is 11.8 Å². The number of hydrogen-bond donors (Lipinski definition) is 2. The highest BCUT2D eigenvalue weighted by atomic mass is 32.1. The first kappa shape index (κ1) is 16.4. The van der Waals surface area contributed by atoms with E-state index in [1.807, 2.05) is 0 Å². The summed E-state index contributed by atoms with van der Waals surface area (Å²) in [6.07, 6.45) is -3.56. The molecule has 0 radical (unpaired) electrons. The van der Waals surface area contributed by atoms with Crippen LogP contribution in [0.15, 0.2) is 35.8 Å². The number of alkyl halides is 3. The van der Waals surface area contributed by atoms with Gasteiger partial charge in [-0.2, -0.15) is 13.2 Å². The monoisotopic (exact) mass is 330 g/mol. The molecule has 0 bridgehead atoms. The maximum atomic E-state index is 12.8. The van der Waals surface area contributed by atoms with Crippen molar-refractivity contribution in [3.8, 4) is 0 Å². The lowest BCUT2D eigenvalue weighted by Crippen LogP contribution is -2.39. The molecule has 0 spiro atoms. The minimum atomic E-state index is -4.67. The zero-order chi connectivity index (χ0) is 16.4. The van der Waals surface area contributed by atoms with E-state index in [0.717, 1.165) is 18.3 Å². The minimum Gasteiger partial charge on any atom is -0.383 e. The van der Waals surface area contributed by atoms with Crippen LogP contribution in [0, 0.1) is 0 Å². The Balaban J connectivity index is 2.14. The summed E-state index contributed by atoms with van der Waals surface area (Å²) in [4.78, 5) is 16.0. The zero-order valence-electron chi connectivity index (χ0n) is 11.5. The second-order valence-electron chi connectivity index (χ2n) is 4.83. The largest absolute Gasteiger partial charge is 0.418 e. The molecule has 1 amide bonds. The molecule has 1 unspecified atom stereocenters. The molecule has 0 saturated heterocycles. The molecule has 4 nitrogen and oxygen atoms in total. The number of carbonyl (C=O) groups excluding carboxylic acids is 1. The van der Waals surface area contributed by atoms with Gasteiger partial charge in [-0.3, -0.25) is 9.78 Å². The van der Waals surface area contributed by atoms with E-state index in [4.69, 9.17) is 0 Å². The molecular formula is C14H13F3N2O2S. The number of aliphatic hydroxyl groups is 1. The summed E-state index contributed by atoms with van der Waals surface area (Å²) in [7, 11) is 0. The second kappa shape index (κ2) is 6.05. The van der Waals surface area contributed by atoms with Gasteiger partial charge >= 0.3 is 6.18 Å². The second-order valence-corrected chi connectivity index (χ2v) is 5.78. The zero-order valence-corrected chi connectivity index (χ0v) is 12.3. The highest BCUT2D eigenvalue weighted by Gasteiger charge is 2.36. The Labute approximate surface area is 128 Å². The van der Waals surface area contributed by atoms with Gasteiger partial charge in [-0.25, -0.2) is 0 Å². The first-order chi connectivity index (χ1) is 10.2. The van der Waals surface area contributed by atoms with Crippen LogP contribution in [0.25, 0.3) is 0 Å². The van der Waals surface area contributed by atoms with Gasteiger partial charge in [-0.05, 0) is 30.5 Å². The number of hydrogen-bond acceptors (Lipinski definition) is 4. The average Bonchev–Trinajstić information content (AvgIpc) is 2.99. The van der Waals surface area contributed by atoms with Gasteiger partial charge in [0.2, 0.25) is 0 Å². The summed E-state index contributed by atoms with van der Waals surface area (Å²) < 4.78 is 38.5. The van der Waals surface area contributed by atoms with Crippen molar-refractivity contribution in [3.63, 3.8) is 0 Å². The Morgan fingerprint density at radius 1 is 1.36 bits per heavy atom. The van der Waals surface area contributed by atoms with E-state index in [-0.39, 0.29) is 6.54 Å². The molecule has 1 atom stereocenters. The molecule has 0 fully saturated rings. The summed E-state index contributed by atoms with van der Waals surface area (Å²) in [6, 6.07) is 5.32. The summed E-state index contributed by atoms with van der Waals surface area (Å²) in [6.45, 7) is 1.25. The molecule has 0 saturated carbocycles. The Morgan fingerprint density at radius 3 is 2.68 bits per heavy atom. The molecule has 2 aromatic rings. The van der Waals surface area contributed by atoms with Crippen LogP contribution in [-0.4, -0.2) is 22.5 Å². The number of pyridine rings is 1. The van der Waals surface area contributed by atoms with Gasteiger partial charge in [-0.1, -0.05) is 6.07 Å². The minimum absolute atomic E-state index is 0.222. The molecule has 118 valence electrons. The SMILES string of the molecule is CC(O)(CNC(=O)c1ncccc1C(F)(F)F)c1cccs1. The topological polar surface area (TPSA) is 62.2 Å². The van der Waals surface area contributed by atoms with Crippen LogP contribution in [0.4, 0.5) is 13.2 Å². The van der Waals surface area contributed by atoms with Crippen LogP contribution in [0.1, 0.15) is 27.9 Å². The number of halogens is 3. The highest BCUT2D eigenvalue weighted by molar-refractivity contribution is 7.10. The van der Waals surface area contributed by atoms with Crippen molar-refractivity contribution in [2.24, 2.45) is 0 Å². The maximum Gasteiger partial charge on any atom is 0.418 e. The molecule has 22 heavy (non-hydrogen) atoms. The van der Waals surface area contributed by atoms with Crippen molar-refractivity contribution in [1.82, 2.24) is 10.3 Å². The van der Waals surface area contributed by atoms with E-state index in [1.54, 1.807) is 17.5 Å². The number of carbonyl (C=O) groups is 1. The Kier molecular flexibility index (Phi) is 4.52. The predicted molar refractivity (Wildman–Crippen MR) is 75.5 cm³/mol. The van der Waals surface area contributed by atoms with Gasteiger partial charge in [-0.15, -0.1) is 11.3 Å². The van der Waals surface area contributed by atoms with Crippen LogP contribution in [0.3, 0.4) is 0 Å². The van der Waals surface area contributed by atoms with Crippen LogP contribution < -0.4 is 5.32 Å². The Bertz CT molecular complexity index is 654. The van der Waals surface area contributed by atoms with Gasteiger partial charge in [0.05, 0.1) is 12.1 Å². The number of amides is 1. The fraction of sp³-hybridized carbons (Fsp3) is 0.286. The van der Waals surface area contributed by atoms with Crippen molar-refractivity contribution in [2.45, 2.75) is 18.7 Å². The molecule has 0 aliphatic carbocycles. The maximum absolute atomic E-state index is 12.8. The molecule has 2 aromatic heterocycles. The molecule has 2 N–H and O–H groups in total. The van der Waals surface area contributed by atoms with Crippen molar-refractivity contribution >= 4 is 17.2 Å².